The molecule has 0 bridgehead atoms. The molecule has 2 rings (SSSR count). The highest BCUT2D eigenvalue weighted by Crippen LogP contribution is 2.34. The van der Waals surface area contributed by atoms with E-state index in [-0.39, 0.29) is 5.91 Å². The highest BCUT2D eigenvalue weighted by molar-refractivity contribution is 7.80. The van der Waals surface area contributed by atoms with E-state index in [0.29, 0.717) is 43.1 Å². The molecule has 0 spiro atoms. The molecule has 2 aliphatic rings. The Morgan fingerprint density at radius 1 is 1.25 bits per heavy atom. The largest absolute Gasteiger partial charge is 0.392 e. The van der Waals surface area contributed by atoms with Crippen molar-refractivity contribution >= 4 is 23.1 Å². The maximum atomic E-state index is 13.0. The fourth-order valence-corrected chi connectivity index (χ4v) is 3.45. The van der Waals surface area contributed by atoms with Gasteiger partial charge in [0, 0.05) is 38.4 Å². The van der Waals surface area contributed by atoms with Crippen LogP contribution in [0.2, 0.25) is 0 Å². The predicted molar refractivity (Wildman–Crippen MR) is 82.5 cm³/mol. The van der Waals surface area contributed by atoms with E-state index < -0.39 is 5.41 Å². The quantitative estimate of drug-likeness (QED) is 0.758. The Kier molecular flexibility index (Phi) is 4.66. The van der Waals surface area contributed by atoms with Crippen molar-refractivity contribution < 1.29 is 9.53 Å². The van der Waals surface area contributed by atoms with E-state index in [4.69, 9.17) is 22.7 Å². The van der Waals surface area contributed by atoms with Gasteiger partial charge in [0.05, 0.1) is 4.99 Å². The number of rotatable bonds is 2. The van der Waals surface area contributed by atoms with Gasteiger partial charge in [-0.3, -0.25) is 9.69 Å². The van der Waals surface area contributed by atoms with Gasteiger partial charge in [0.1, 0.15) is 5.41 Å². The maximum absolute atomic E-state index is 13.0. The van der Waals surface area contributed by atoms with Crippen molar-refractivity contribution in [3.05, 3.63) is 0 Å². The minimum atomic E-state index is -0.692. The monoisotopic (exact) mass is 299 g/mol. The van der Waals surface area contributed by atoms with Crippen LogP contribution < -0.4 is 5.73 Å². The molecule has 114 valence electrons. The van der Waals surface area contributed by atoms with E-state index >= 15 is 0 Å². The standard InChI is InChI=1S/C14H25N3O2S/c1-10-8-17(9-11(2)16(10)3)13(18)14(12(15)20)4-6-19-7-5-14/h10-11H,4-9H2,1-3H3,(H2,15,20). The number of carbonyl (C=O) groups excluding carboxylic acids is 1. The van der Waals surface area contributed by atoms with Crippen LogP contribution in [0.3, 0.4) is 0 Å². The van der Waals surface area contributed by atoms with Crippen LogP contribution in [0.25, 0.3) is 0 Å². The second-order valence-electron chi connectivity index (χ2n) is 6.13. The fourth-order valence-electron chi connectivity index (χ4n) is 3.16. The van der Waals surface area contributed by atoms with Crippen molar-refractivity contribution in [3.8, 4) is 0 Å². The first-order chi connectivity index (χ1) is 9.38. The number of ether oxygens (including phenoxy) is 1. The van der Waals surface area contributed by atoms with Gasteiger partial charge in [0.25, 0.3) is 0 Å². The lowest BCUT2D eigenvalue weighted by molar-refractivity contribution is -0.146. The van der Waals surface area contributed by atoms with Crippen LogP contribution in [-0.4, -0.2) is 66.1 Å². The molecule has 0 aromatic carbocycles. The molecule has 5 nitrogen and oxygen atoms in total. The average Bonchev–Trinajstić information content (AvgIpc) is 2.44. The second-order valence-corrected chi connectivity index (χ2v) is 6.57. The van der Waals surface area contributed by atoms with Gasteiger partial charge in [-0.2, -0.15) is 0 Å². The molecule has 2 N–H and O–H groups in total. The van der Waals surface area contributed by atoms with Gasteiger partial charge < -0.3 is 15.4 Å². The Hall–Kier alpha value is -0.720. The molecule has 1 amide bonds. The SMILES string of the molecule is CC1CN(C(=O)C2(C(N)=S)CCOCC2)CC(C)N1C. The normalized spacial score (nSPS) is 31.1. The summed E-state index contributed by atoms with van der Waals surface area (Å²) in [5, 5.41) is 0. The fraction of sp³-hybridized carbons (Fsp3) is 0.857. The number of carbonyl (C=O) groups is 1. The molecule has 2 saturated heterocycles. The zero-order valence-electron chi connectivity index (χ0n) is 12.6. The van der Waals surface area contributed by atoms with Crippen LogP contribution in [0, 0.1) is 5.41 Å². The molecule has 2 heterocycles. The van der Waals surface area contributed by atoms with E-state index in [1.54, 1.807) is 0 Å². The number of nitrogens with zero attached hydrogens (tertiary/aromatic N) is 2. The molecular formula is C14H25N3O2S. The number of hydrogen-bond donors (Lipinski definition) is 1. The lowest BCUT2D eigenvalue weighted by Crippen LogP contribution is -2.61. The molecule has 0 aromatic rings. The lowest BCUT2D eigenvalue weighted by atomic mass is 9.78. The summed E-state index contributed by atoms with van der Waals surface area (Å²) in [6, 6.07) is 0.705. The Morgan fingerprint density at radius 3 is 2.20 bits per heavy atom. The topological polar surface area (TPSA) is 58.8 Å². The molecule has 2 unspecified atom stereocenters. The number of amides is 1. The van der Waals surface area contributed by atoms with E-state index in [0.717, 1.165) is 13.1 Å². The zero-order valence-corrected chi connectivity index (χ0v) is 13.4. The summed E-state index contributed by atoms with van der Waals surface area (Å²) in [6.45, 7) is 6.89. The summed E-state index contributed by atoms with van der Waals surface area (Å²) < 4.78 is 5.38. The summed E-state index contributed by atoms with van der Waals surface area (Å²) in [6.07, 6.45) is 1.21. The third-order valence-electron chi connectivity index (χ3n) is 4.87. The zero-order chi connectivity index (χ0) is 14.9. The molecule has 2 fully saturated rings. The van der Waals surface area contributed by atoms with Crippen molar-refractivity contribution in [2.45, 2.75) is 38.8 Å². The molecule has 0 aromatic heterocycles. The predicted octanol–water partition coefficient (Wildman–Crippen LogP) is 0.620. The van der Waals surface area contributed by atoms with Crippen LogP contribution in [0.4, 0.5) is 0 Å². The Morgan fingerprint density at radius 2 is 1.75 bits per heavy atom. The van der Waals surface area contributed by atoms with Gasteiger partial charge in [0.15, 0.2) is 0 Å². The van der Waals surface area contributed by atoms with Gasteiger partial charge in [-0.05, 0) is 33.7 Å². The molecule has 0 radical (unpaired) electrons. The van der Waals surface area contributed by atoms with Crippen molar-refractivity contribution in [2.24, 2.45) is 11.1 Å². The summed E-state index contributed by atoms with van der Waals surface area (Å²) in [5.41, 5.74) is 5.23. The molecule has 2 atom stereocenters. The number of piperazine rings is 1. The highest BCUT2D eigenvalue weighted by atomic mass is 32.1. The minimum Gasteiger partial charge on any atom is -0.392 e. The first-order valence-corrected chi connectivity index (χ1v) is 7.68. The van der Waals surface area contributed by atoms with Gasteiger partial charge in [-0.25, -0.2) is 0 Å². The third-order valence-corrected chi connectivity index (χ3v) is 5.27. The molecule has 20 heavy (non-hydrogen) atoms. The Balaban J connectivity index is 2.18. The number of hydrogen-bond acceptors (Lipinski definition) is 4. The first kappa shape index (κ1) is 15.7. The van der Waals surface area contributed by atoms with Gasteiger partial charge in [-0.15, -0.1) is 0 Å². The average molecular weight is 299 g/mol. The van der Waals surface area contributed by atoms with Crippen LogP contribution >= 0.6 is 12.2 Å². The Labute approximate surface area is 126 Å². The summed E-state index contributed by atoms with van der Waals surface area (Å²) in [5.74, 6) is 0.0973. The second kappa shape index (κ2) is 5.95. The molecule has 2 aliphatic heterocycles. The minimum absolute atomic E-state index is 0.0973. The number of nitrogens with two attached hydrogens (primary N) is 1. The van der Waals surface area contributed by atoms with Crippen molar-refractivity contribution in [1.82, 2.24) is 9.80 Å². The van der Waals surface area contributed by atoms with Crippen molar-refractivity contribution in [2.75, 3.05) is 33.4 Å². The van der Waals surface area contributed by atoms with Crippen LogP contribution in [-0.2, 0) is 9.53 Å². The van der Waals surface area contributed by atoms with Gasteiger partial charge >= 0.3 is 0 Å². The molecule has 0 saturated carbocycles. The molecule has 0 aliphatic carbocycles. The summed E-state index contributed by atoms with van der Waals surface area (Å²) >= 11 is 5.22. The van der Waals surface area contributed by atoms with Gasteiger partial charge in [0.2, 0.25) is 5.91 Å². The summed E-state index contributed by atoms with van der Waals surface area (Å²) in [4.78, 5) is 17.6. The highest BCUT2D eigenvalue weighted by Gasteiger charge is 2.46. The van der Waals surface area contributed by atoms with E-state index in [1.807, 2.05) is 4.90 Å². The Bertz CT molecular complexity index is 384. The molecule has 6 heteroatoms. The van der Waals surface area contributed by atoms with Crippen LogP contribution in [0.5, 0.6) is 0 Å². The number of likely N-dealkylation sites (N-methyl/N-ethyl adjacent to an activating group) is 1. The maximum Gasteiger partial charge on any atom is 0.235 e. The lowest BCUT2D eigenvalue weighted by Gasteiger charge is -2.46. The smallest absolute Gasteiger partial charge is 0.235 e. The van der Waals surface area contributed by atoms with E-state index in [9.17, 15) is 4.79 Å². The third kappa shape index (κ3) is 2.69. The van der Waals surface area contributed by atoms with Crippen LogP contribution in [0.1, 0.15) is 26.7 Å². The van der Waals surface area contributed by atoms with Crippen LogP contribution in [0.15, 0.2) is 0 Å². The van der Waals surface area contributed by atoms with E-state index in [1.165, 1.54) is 0 Å². The van der Waals surface area contributed by atoms with Crippen molar-refractivity contribution in [1.29, 1.82) is 0 Å². The number of thiocarbonyl (C=S) groups is 1. The van der Waals surface area contributed by atoms with Gasteiger partial charge in [-0.1, -0.05) is 12.2 Å². The van der Waals surface area contributed by atoms with E-state index in [2.05, 4.69) is 25.8 Å². The first-order valence-electron chi connectivity index (χ1n) is 7.27. The summed E-state index contributed by atoms with van der Waals surface area (Å²) in [7, 11) is 2.11. The molecular weight excluding hydrogens is 274 g/mol. The van der Waals surface area contributed by atoms with Crippen molar-refractivity contribution in [3.63, 3.8) is 0 Å².